The summed E-state index contributed by atoms with van der Waals surface area (Å²) in [5, 5.41) is 18.8. The zero-order valence-corrected chi connectivity index (χ0v) is 13.7. The molecule has 0 aromatic carbocycles. The highest BCUT2D eigenvalue weighted by Crippen LogP contribution is 2.20. The summed E-state index contributed by atoms with van der Waals surface area (Å²) in [6.45, 7) is 5.22. The molecule has 8 nitrogen and oxygen atoms in total. The quantitative estimate of drug-likeness (QED) is 0.757. The van der Waals surface area contributed by atoms with Crippen LogP contribution in [-0.2, 0) is 9.59 Å². The summed E-state index contributed by atoms with van der Waals surface area (Å²) in [5.41, 5.74) is -1.05. The standard InChI is InChI=1S/C15H25N3O5/c1-15(2,23)10-12(19)16-6-8-17(9-7-16)13(20)11-4-3-5-18(11)14(21)22/h11,23H,3-10H2,1-2H3,(H,21,22)/t11-/m0/s1. The largest absolute Gasteiger partial charge is 0.465 e. The molecule has 2 fully saturated rings. The summed E-state index contributed by atoms with van der Waals surface area (Å²) in [6.07, 6.45) is 0.256. The number of likely N-dealkylation sites (tertiary alicyclic amines) is 1. The fraction of sp³-hybridized carbons (Fsp3) is 0.800. The highest BCUT2D eigenvalue weighted by Gasteiger charge is 2.37. The molecule has 0 aromatic heterocycles. The van der Waals surface area contributed by atoms with E-state index in [2.05, 4.69) is 0 Å². The Morgan fingerprint density at radius 1 is 1.04 bits per heavy atom. The average molecular weight is 327 g/mol. The molecule has 2 N–H and O–H groups in total. The minimum absolute atomic E-state index is 0.0519. The maximum Gasteiger partial charge on any atom is 0.407 e. The molecular formula is C15H25N3O5. The summed E-state index contributed by atoms with van der Waals surface area (Å²) in [6, 6.07) is -0.592. The van der Waals surface area contributed by atoms with Crippen molar-refractivity contribution in [1.82, 2.24) is 14.7 Å². The van der Waals surface area contributed by atoms with Gasteiger partial charge in [-0.05, 0) is 26.7 Å². The van der Waals surface area contributed by atoms with Crippen molar-refractivity contribution >= 4 is 17.9 Å². The minimum Gasteiger partial charge on any atom is -0.465 e. The number of carbonyl (C=O) groups is 3. The third kappa shape index (κ3) is 4.34. The van der Waals surface area contributed by atoms with Gasteiger partial charge in [0.2, 0.25) is 11.8 Å². The molecule has 1 atom stereocenters. The first-order valence-electron chi connectivity index (χ1n) is 7.97. The smallest absolute Gasteiger partial charge is 0.407 e. The molecule has 0 aliphatic carbocycles. The summed E-state index contributed by atoms with van der Waals surface area (Å²) < 4.78 is 0. The van der Waals surface area contributed by atoms with Crippen molar-refractivity contribution in [3.05, 3.63) is 0 Å². The molecule has 0 radical (unpaired) electrons. The Bertz CT molecular complexity index is 480. The maximum absolute atomic E-state index is 12.5. The van der Waals surface area contributed by atoms with Crippen LogP contribution in [0.2, 0.25) is 0 Å². The molecule has 2 aliphatic heterocycles. The highest BCUT2D eigenvalue weighted by atomic mass is 16.4. The van der Waals surface area contributed by atoms with Crippen molar-refractivity contribution in [2.45, 2.75) is 44.8 Å². The van der Waals surface area contributed by atoms with Gasteiger partial charge in [-0.25, -0.2) is 4.79 Å². The Hall–Kier alpha value is -1.83. The van der Waals surface area contributed by atoms with E-state index in [1.54, 1.807) is 23.6 Å². The Kier molecular flexibility index (Phi) is 5.13. The Labute approximate surface area is 135 Å². The van der Waals surface area contributed by atoms with Gasteiger partial charge >= 0.3 is 6.09 Å². The Morgan fingerprint density at radius 3 is 2.13 bits per heavy atom. The molecule has 0 bridgehead atoms. The monoisotopic (exact) mass is 327 g/mol. The van der Waals surface area contributed by atoms with Gasteiger partial charge in [-0.2, -0.15) is 0 Å². The summed E-state index contributed by atoms with van der Waals surface area (Å²) in [7, 11) is 0. The first-order valence-corrected chi connectivity index (χ1v) is 7.97. The van der Waals surface area contributed by atoms with E-state index in [1.807, 2.05) is 0 Å². The van der Waals surface area contributed by atoms with E-state index < -0.39 is 17.7 Å². The van der Waals surface area contributed by atoms with Gasteiger partial charge in [0.25, 0.3) is 0 Å². The number of amides is 3. The molecule has 8 heteroatoms. The molecular weight excluding hydrogens is 302 g/mol. The van der Waals surface area contributed by atoms with E-state index in [9.17, 15) is 19.5 Å². The van der Waals surface area contributed by atoms with E-state index in [1.165, 1.54) is 4.90 Å². The molecule has 23 heavy (non-hydrogen) atoms. The molecule has 0 spiro atoms. The molecule has 2 rings (SSSR count). The predicted octanol–water partition coefficient (Wildman–Crippen LogP) is -0.0394. The van der Waals surface area contributed by atoms with E-state index in [-0.39, 0.29) is 18.2 Å². The van der Waals surface area contributed by atoms with Crippen LogP contribution < -0.4 is 0 Å². The summed E-state index contributed by atoms with van der Waals surface area (Å²) in [5.74, 6) is -0.294. The van der Waals surface area contributed by atoms with E-state index in [4.69, 9.17) is 5.11 Å². The highest BCUT2D eigenvalue weighted by molar-refractivity contribution is 5.86. The molecule has 3 amide bonds. The van der Waals surface area contributed by atoms with E-state index >= 15 is 0 Å². The summed E-state index contributed by atoms with van der Waals surface area (Å²) >= 11 is 0. The van der Waals surface area contributed by atoms with Crippen molar-refractivity contribution in [3.8, 4) is 0 Å². The van der Waals surface area contributed by atoms with Crippen LogP contribution >= 0.6 is 0 Å². The molecule has 0 aromatic rings. The lowest BCUT2D eigenvalue weighted by Gasteiger charge is -2.37. The van der Waals surface area contributed by atoms with Gasteiger partial charge in [0.05, 0.1) is 12.0 Å². The first-order chi connectivity index (χ1) is 10.7. The second kappa shape index (κ2) is 6.74. The number of hydrogen-bond donors (Lipinski definition) is 2. The Balaban J connectivity index is 1.88. The average Bonchev–Trinajstić information content (AvgIpc) is 2.94. The van der Waals surface area contributed by atoms with Crippen LogP contribution in [0.4, 0.5) is 4.79 Å². The zero-order chi connectivity index (χ0) is 17.2. The van der Waals surface area contributed by atoms with Gasteiger partial charge in [-0.1, -0.05) is 0 Å². The molecule has 130 valence electrons. The van der Waals surface area contributed by atoms with Gasteiger partial charge in [-0.3, -0.25) is 14.5 Å². The third-order valence-corrected chi connectivity index (χ3v) is 4.31. The van der Waals surface area contributed by atoms with E-state index in [0.717, 1.165) is 0 Å². The zero-order valence-electron chi connectivity index (χ0n) is 13.7. The number of nitrogens with zero attached hydrogens (tertiary/aromatic N) is 3. The molecule has 0 unspecified atom stereocenters. The topological polar surface area (TPSA) is 101 Å². The Morgan fingerprint density at radius 2 is 1.61 bits per heavy atom. The van der Waals surface area contributed by atoms with Crippen molar-refractivity contribution in [3.63, 3.8) is 0 Å². The third-order valence-electron chi connectivity index (χ3n) is 4.31. The van der Waals surface area contributed by atoms with Gasteiger partial charge in [0.1, 0.15) is 6.04 Å². The van der Waals surface area contributed by atoms with Crippen molar-refractivity contribution in [2.75, 3.05) is 32.7 Å². The molecule has 2 heterocycles. The fourth-order valence-corrected chi connectivity index (χ4v) is 3.12. The van der Waals surface area contributed by atoms with Crippen molar-refractivity contribution in [2.24, 2.45) is 0 Å². The number of piperazine rings is 1. The fourth-order valence-electron chi connectivity index (χ4n) is 3.12. The second-order valence-corrected chi connectivity index (χ2v) is 6.83. The second-order valence-electron chi connectivity index (χ2n) is 6.83. The molecule has 0 saturated carbocycles. The maximum atomic E-state index is 12.5. The van der Waals surface area contributed by atoms with Crippen LogP contribution in [0.3, 0.4) is 0 Å². The number of rotatable bonds is 3. The summed E-state index contributed by atoms with van der Waals surface area (Å²) in [4.78, 5) is 40.2. The van der Waals surface area contributed by atoms with Gasteiger partial charge in [0.15, 0.2) is 0 Å². The van der Waals surface area contributed by atoms with E-state index in [0.29, 0.717) is 45.6 Å². The van der Waals surface area contributed by atoms with Crippen molar-refractivity contribution < 1.29 is 24.6 Å². The lowest BCUT2D eigenvalue weighted by Crippen LogP contribution is -2.55. The van der Waals surface area contributed by atoms with Crippen LogP contribution in [-0.4, -0.2) is 87.2 Å². The molecule has 2 aliphatic rings. The van der Waals surface area contributed by atoms with Gasteiger partial charge < -0.3 is 20.0 Å². The number of hydrogen-bond acceptors (Lipinski definition) is 4. The lowest BCUT2D eigenvalue weighted by atomic mass is 10.0. The van der Waals surface area contributed by atoms with Crippen LogP contribution in [0.5, 0.6) is 0 Å². The lowest BCUT2D eigenvalue weighted by molar-refractivity contribution is -0.143. The molecule has 2 saturated heterocycles. The number of aliphatic hydroxyl groups is 1. The SMILES string of the molecule is CC(C)(O)CC(=O)N1CCN(C(=O)[C@@H]2CCCN2C(=O)O)CC1. The minimum atomic E-state index is -1.06. The van der Waals surface area contributed by atoms with Crippen molar-refractivity contribution in [1.29, 1.82) is 0 Å². The first kappa shape index (κ1) is 17.5. The van der Waals surface area contributed by atoms with Crippen LogP contribution in [0.15, 0.2) is 0 Å². The predicted molar refractivity (Wildman–Crippen MR) is 81.8 cm³/mol. The van der Waals surface area contributed by atoms with Crippen LogP contribution in [0.1, 0.15) is 33.1 Å². The van der Waals surface area contributed by atoms with Crippen LogP contribution in [0, 0.1) is 0 Å². The number of carboxylic acid groups (broad SMARTS) is 1. The normalized spacial score (nSPS) is 22.4. The van der Waals surface area contributed by atoms with Crippen LogP contribution in [0.25, 0.3) is 0 Å². The van der Waals surface area contributed by atoms with Gasteiger partial charge in [-0.15, -0.1) is 0 Å². The number of carbonyl (C=O) groups excluding carboxylic acids is 2. The van der Waals surface area contributed by atoms with Gasteiger partial charge in [0, 0.05) is 32.7 Å².